The molecule has 88 valence electrons. The first kappa shape index (κ1) is 11.9. The van der Waals surface area contributed by atoms with Crippen LogP contribution in [0.1, 0.15) is 41.5 Å². The summed E-state index contributed by atoms with van der Waals surface area (Å²) in [5.41, 5.74) is 10.1. The van der Waals surface area contributed by atoms with Gasteiger partial charge in [-0.1, -0.05) is 15.9 Å². The van der Waals surface area contributed by atoms with E-state index >= 15 is 0 Å². The Morgan fingerprint density at radius 3 is 2.12 bits per heavy atom. The van der Waals surface area contributed by atoms with Crippen LogP contribution in [-0.4, -0.2) is 5.11 Å². The normalized spacial score (nSPS) is 18.3. The van der Waals surface area contributed by atoms with Gasteiger partial charge in [0.1, 0.15) is 5.75 Å². The SMILES string of the molecule is Cc1c(C)c(Br)c(C)c(C2(N)CCC2)c1O. The number of benzene rings is 1. The van der Waals surface area contributed by atoms with E-state index in [9.17, 15) is 5.11 Å². The minimum Gasteiger partial charge on any atom is -0.507 e. The molecule has 0 heterocycles. The van der Waals surface area contributed by atoms with Gasteiger partial charge < -0.3 is 10.8 Å². The van der Waals surface area contributed by atoms with E-state index in [1.807, 2.05) is 20.8 Å². The molecule has 0 bridgehead atoms. The van der Waals surface area contributed by atoms with Crippen molar-refractivity contribution < 1.29 is 5.11 Å². The second-order valence-corrected chi connectivity index (χ2v) is 5.72. The highest BCUT2D eigenvalue weighted by Crippen LogP contribution is 2.47. The molecule has 1 aromatic rings. The van der Waals surface area contributed by atoms with Crippen LogP contribution in [0.3, 0.4) is 0 Å². The Kier molecular flexibility index (Phi) is 2.79. The molecule has 2 nitrogen and oxygen atoms in total. The molecular weight excluding hydrogens is 266 g/mol. The molecule has 1 saturated carbocycles. The van der Waals surface area contributed by atoms with Crippen LogP contribution in [0.4, 0.5) is 0 Å². The molecule has 1 aliphatic rings. The maximum absolute atomic E-state index is 10.3. The number of hydrogen-bond acceptors (Lipinski definition) is 2. The van der Waals surface area contributed by atoms with E-state index in [0.717, 1.165) is 46.0 Å². The molecule has 0 aliphatic heterocycles. The van der Waals surface area contributed by atoms with Crippen molar-refractivity contribution in [2.75, 3.05) is 0 Å². The van der Waals surface area contributed by atoms with Gasteiger partial charge in [-0.05, 0) is 56.7 Å². The van der Waals surface area contributed by atoms with E-state index in [0.29, 0.717) is 5.75 Å². The molecule has 0 saturated heterocycles. The average Bonchev–Trinajstić information content (AvgIpc) is 2.21. The van der Waals surface area contributed by atoms with Crippen LogP contribution in [0.2, 0.25) is 0 Å². The van der Waals surface area contributed by atoms with Gasteiger partial charge in [0.15, 0.2) is 0 Å². The summed E-state index contributed by atoms with van der Waals surface area (Å²) in [5.74, 6) is 0.389. The summed E-state index contributed by atoms with van der Waals surface area (Å²) in [6.45, 7) is 5.98. The van der Waals surface area contributed by atoms with Gasteiger partial charge in [-0.2, -0.15) is 0 Å². The van der Waals surface area contributed by atoms with Crippen molar-refractivity contribution in [3.63, 3.8) is 0 Å². The maximum Gasteiger partial charge on any atom is 0.124 e. The number of aromatic hydroxyl groups is 1. The van der Waals surface area contributed by atoms with Crippen molar-refractivity contribution in [1.82, 2.24) is 0 Å². The first-order valence-electron chi connectivity index (χ1n) is 5.66. The van der Waals surface area contributed by atoms with Crippen LogP contribution in [0.15, 0.2) is 4.47 Å². The summed E-state index contributed by atoms with van der Waals surface area (Å²) in [5, 5.41) is 10.3. The summed E-state index contributed by atoms with van der Waals surface area (Å²) in [7, 11) is 0. The predicted molar refractivity (Wildman–Crippen MR) is 69.7 cm³/mol. The zero-order valence-corrected chi connectivity index (χ0v) is 11.6. The average molecular weight is 284 g/mol. The molecule has 3 N–H and O–H groups in total. The summed E-state index contributed by atoms with van der Waals surface area (Å²) < 4.78 is 1.08. The molecule has 1 aromatic carbocycles. The highest BCUT2D eigenvalue weighted by molar-refractivity contribution is 9.10. The first-order valence-corrected chi connectivity index (χ1v) is 6.45. The molecule has 2 rings (SSSR count). The van der Waals surface area contributed by atoms with Crippen LogP contribution in [0, 0.1) is 20.8 Å². The number of phenols is 1. The van der Waals surface area contributed by atoms with Gasteiger partial charge in [0.05, 0.1) is 0 Å². The summed E-state index contributed by atoms with van der Waals surface area (Å²) in [6, 6.07) is 0. The first-order chi connectivity index (χ1) is 7.38. The molecule has 0 amide bonds. The highest BCUT2D eigenvalue weighted by atomic mass is 79.9. The zero-order valence-electron chi connectivity index (χ0n) is 10.0. The van der Waals surface area contributed by atoms with Gasteiger partial charge in [-0.25, -0.2) is 0 Å². The van der Waals surface area contributed by atoms with Crippen LogP contribution >= 0.6 is 15.9 Å². The summed E-state index contributed by atoms with van der Waals surface area (Å²) in [6.07, 6.45) is 3.09. The number of rotatable bonds is 1. The summed E-state index contributed by atoms with van der Waals surface area (Å²) in [4.78, 5) is 0. The smallest absolute Gasteiger partial charge is 0.124 e. The van der Waals surface area contributed by atoms with E-state index in [1.165, 1.54) is 0 Å². The Labute approximate surface area is 105 Å². The molecule has 1 fully saturated rings. The van der Waals surface area contributed by atoms with E-state index in [2.05, 4.69) is 15.9 Å². The van der Waals surface area contributed by atoms with Gasteiger partial charge >= 0.3 is 0 Å². The van der Waals surface area contributed by atoms with Gasteiger partial charge in [0, 0.05) is 15.6 Å². The van der Waals surface area contributed by atoms with Gasteiger partial charge in [-0.3, -0.25) is 0 Å². The summed E-state index contributed by atoms with van der Waals surface area (Å²) >= 11 is 3.59. The van der Waals surface area contributed by atoms with E-state index in [-0.39, 0.29) is 5.54 Å². The molecule has 1 aliphatic carbocycles. The third-order valence-electron chi connectivity index (χ3n) is 3.93. The fraction of sp³-hybridized carbons (Fsp3) is 0.538. The lowest BCUT2D eigenvalue weighted by Gasteiger charge is -2.40. The molecular formula is C13H18BrNO. The number of halogens is 1. The quantitative estimate of drug-likeness (QED) is 0.830. The van der Waals surface area contributed by atoms with Crippen molar-refractivity contribution in [1.29, 1.82) is 0 Å². The number of hydrogen-bond donors (Lipinski definition) is 2. The Bertz CT molecular complexity index is 421. The third-order valence-corrected chi connectivity index (χ3v) is 5.12. The molecule has 0 spiro atoms. The Balaban J connectivity index is 2.70. The largest absolute Gasteiger partial charge is 0.507 e. The van der Waals surface area contributed by atoms with Crippen molar-refractivity contribution in [3.8, 4) is 5.75 Å². The molecule has 3 heteroatoms. The van der Waals surface area contributed by atoms with Crippen LogP contribution < -0.4 is 5.73 Å². The lowest BCUT2D eigenvalue weighted by atomic mass is 9.70. The Morgan fingerprint density at radius 1 is 1.12 bits per heavy atom. The minimum atomic E-state index is -0.310. The second kappa shape index (κ2) is 3.74. The standard InChI is InChI=1S/C13H18BrNO/c1-7-8(2)12(16)10(9(3)11(7)14)13(15)5-4-6-13/h16H,4-6,15H2,1-3H3. The van der Waals surface area contributed by atoms with Crippen LogP contribution in [0.5, 0.6) is 5.75 Å². The molecule has 0 aromatic heterocycles. The van der Waals surface area contributed by atoms with Crippen molar-refractivity contribution in [3.05, 3.63) is 26.7 Å². The lowest BCUT2D eigenvalue weighted by Crippen LogP contribution is -2.44. The zero-order chi connectivity index (χ0) is 12.1. The molecule has 0 atom stereocenters. The van der Waals surface area contributed by atoms with Crippen molar-refractivity contribution in [2.45, 2.75) is 45.6 Å². The predicted octanol–water partition coefficient (Wildman–Crippen LogP) is 3.42. The molecule has 0 radical (unpaired) electrons. The Morgan fingerprint density at radius 2 is 1.69 bits per heavy atom. The lowest BCUT2D eigenvalue weighted by molar-refractivity contribution is 0.243. The van der Waals surface area contributed by atoms with Gasteiger partial charge in [0.25, 0.3) is 0 Å². The highest BCUT2D eigenvalue weighted by Gasteiger charge is 2.39. The molecule has 0 unspecified atom stereocenters. The van der Waals surface area contributed by atoms with Gasteiger partial charge in [-0.15, -0.1) is 0 Å². The Hall–Kier alpha value is -0.540. The van der Waals surface area contributed by atoms with Crippen molar-refractivity contribution >= 4 is 15.9 Å². The monoisotopic (exact) mass is 283 g/mol. The fourth-order valence-corrected chi connectivity index (χ4v) is 3.01. The second-order valence-electron chi connectivity index (χ2n) is 4.92. The van der Waals surface area contributed by atoms with Crippen LogP contribution in [0.25, 0.3) is 0 Å². The number of nitrogens with two attached hydrogens (primary N) is 1. The maximum atomic E-state index is 10.3. The van der Waals surface area contributed by atoms with Gasteiger partial charge in [0.2, 0.25) is 0 Å². The van der Waals surface area contributed by atoms with E-state index in [1.54, 1.807) is 0 Å². The third kappa shape index (κ3) is 1.49. The van der Waals surface area contributed by atoms with Crippen LogP contribution in [-0.2, 0) is 5.54 Å². The minimum absolute atomic E-state index is 0.310. The van der Waals surface area contributed by atoms with E-state index < -0.39 is 0 Å². The number of phenolic OH excluding ortho intramolecular Hbond substituents is 1. The molecule has 16 heavy (non-hydrogen) atoms. The van der Waals surface area contributed by atoms with Crippen molar-refractivity contribution in [2.24, 2.45) is 5.73 Å². The van der Waals surface area contributed by atoms with E-state index in [4.69, 9.17) is 5.73 Å². The topological polar surface area (TPSA) is 46.2 Å². The fourth-order valence-electron chi connectivity index (χ4n) is 2.52.